The van der Waals surface area contributed by atoms with Gasteiger partial charge in [0.2, 0.25) is 0 Å². The second kappa shape index (κ2) is 8.71. The highest BCUT2D eigenvalue weighted by Crippen LogP contribution is 2.33. The van der Waals surface area contributed by atoms with E-state index in [-0.39, 0.29) is 5.91 Å². The Bertz CT molecular complexity index is 1160. The zero-order valence-corrected chi connectivity index (χ0v) is 18.1. The van der Waals surface area contributed by atoms with Gasteiger partial charge in [0, 0.05) is 35.5 Å². The first-order chi connectivity index (χ1) is 14.0. The van der Waals surface area contributed by atoms with Crippen LogP contribution in [0.25, 0.3) is 10.2 Å². The van der Waals surface area contributed by atoms with Gasteiger partial charge in [0.1, 0.15) is 0 Å². The van der Waals surface area contributed by atoms with Crippen molar-refractivity contribution in [3.8, 4) is 0 Å². The third kappa shape index (κ3) is 4.56. The van der Waals surface area contributed by atoms with E-state index >= 15 is 0 Å². The lowest BCUT2D eigenvalue weighted by atomic mass is 10.2. The summed E-state index contributed by atoms with van der Waals surface area (Å²) in [5, 5.41) is 2.02. The number of aromatic nitrogens is 3. The predicted octanol–water partition coefficient (Wildman–Crippen LogP) is 6.19. The van der Waals surface area contributed by atoms with E-state index in [9.17, 15) is 4.79 Å². The highest BCUT2D eigenvalue weighted by atomic mass is 35.5. The van der Waals surface area contributed by atoms with Crippen LogP contribution in [-0.2, 0) is 6.54 Å². The van der Waals surface area contributed by atoms with Gasteiger partial charge in [-0.25, -0.2) is 9.97 Å². The van der Waals surface area contributed by atoms with E-state index in [0.29, 0.717) is 32.3 Å². The third-order valence-corrected chi connectivity index (χ3v) is 6.17. The Hall–Kier alpha value is -2.12. The van der Waals surface area contributed by atoms with E-state index in [0.717, 1.165) is 23.2 Å². The van der Waals surface area contributed by atoms with Crippen LogP contribution in [0.4, 0.5) is 5.13 Å². The van der Waals surface area contributed by atoms with Gasteiger partial charge in [-0.1, -0.05) is 46.1 Å². The number of benzene rings is 2. The first-order valence-corrected chi connectivity index (χ1v) is 10.7. The molecular formula is C20H15Cl3N4OS. The molecule has 148 valence electrons. The maximum Gasteiger partial charge on any atom is 0.261 e. The number of anilines is 1. The summed E-state index contributed by atoms with van der Waals surface area (Å²) < 4.78 is 2.88. The standard InChI is InChI=1S/C20H15Cl3N4OS/c21-13-2-4-16(23)15(10-13)19(28)27(8-1-7-26-9-6-24-12-26)20-25-17-5-3-14(22)11-18(17)29-20/h2-6,9-12H,1,7-8H2. The molecular weight excluding hydrogens is 451 g/mol. The molecule has 0 aliphatic rings. The summed E-state index contributed by atoms with van der Waals surface area (Å²) >= 11 is 19.9. The molecule has 0 spiro atoms. The lowest BCUT2D eigenvalue weighted by Crippen LogP contribution is -2.32. The van der Waals surface area contributed by atoms with Crippen molar-refractivity contribution < 1.29 is 4.79 Å². The first-order valence-electron chi connectivity index (χ1n) is 8.80. The monoisotopic (exact) mass is 464 g/mol. The van der Waals surface area contributed by atoms with E-state index in [4.69, 9.17) is 34.8 Å². The van der Waals surface area contributed by atoms with Crippen molar-refractivity contribution in [1.82, 2.24) is 14.5 Å². The molecule has 2 heterocycles. The molecule has 0 saturated heterocycles. The summed E-state index contributed by atoms with van der Waals surface area (Å²) in [5.74, 6) is -0.242. The second-order valence-electron chi connectivity index (χ2n) is 6.34. The van der Waals surface area contributed by atoms with Crippen molar-refractivity contribution in [1.29, 1.82) is 0 Å². The fourth-order valence-corrected chi connectivity index (χ4v) is 4.56. The Morgan fingerprint density at radius 3 is 2.69 bits per heavy atom. The highest BCUT2D eigenvalue weighted by molar-refractivity contribution is 7.22. The van der Waals surface area contributed by atoms with Gasteiger partial charge in [-0.05, 0) is 42.8 Å². The van der Waals surface area contributed by atoms with Crippen molar-refractivity contribution in [3.05, 3.63) is 75.8 Å². The molecule has 29 heavy (non-hydrogen) atoms. The van der Waals surface area contributed by atoms with Gasteiger partial charge in [-0.2, -0.15) is 0 Å². The Balaban J connectivity index is 1.67. The highest BCUT2D eigenvalue weighted by Gasteiger charge is 2.23. The number of imidazole rings is 1. The molecule has 0 fully saturated rings. The van der Waals surface area contributed by atoms with Gasteiger partial charge in [-0.15, -0.1) is 0 Å². The van der Waals surface area contributed by atoms with Crippen molar-refractivity contribution in [3.63, 3.8) is 0 Å². The van der Waals surface area contributed by atoms with Gasteiger partial charge in [0.25, 0.3) is 5.91 Å². The number of amides is 1. The van der Waals surface area contributed by atoms with Crippen LogP contribution in [0, 0.1) is 0 Å². The average Bonchev–Trinajstić information content (AvgIpc) is 3.36. The minimum Gasteiger partial charge on any atom is -0.337 e. The molecule has 4 aromatic rings. The molecule has 1 amide bonds. The molecule has 0 atom stereocenters. The second-order valence-corrected chi connectivity index (χ2v) is 8.63. The molecule has 0 aliphatic carbocycles. The number of halogens is 3. The topological polar surface area (TPSA) is 51.0 Å². The molecule has 0 unspecified atom stereocenters. The minimum absolute atomic E-state index is 0.242. The largest absolute Gasteiger partial charge is 0.337 e. The zero-order valence-electron chi connectivity index (χ0n) is 15.1. The molecule has 2 aromatic heterocycles. The number of rotatable bonds is 6. The van der Waals surface area contributed by atoms with Gasteiger partial charge in [-0.3, -0.25) is 9.69 Å². The van der Waals surface area contributed by atoms with Crippen LogP contribution in [0.3, 0.4) is 0 Å². The lowest BCUT2D eigenvalue weighted by Gasteiger charge is -2.20. The quantitative estimate of drug-likeness (QED) is 0.341. The lowest BCUT2D eigenvalue weighted by molar-refractivity contribution is 0.0986. The fourth-order valence-electron chi connectivity index (χ4n) is 2.92. The average molecular weight is 466 g/mol. The molecule has 5 nitrogen and oxygen atoms in total. The maximum absolute atomic E-state index is 13.4. The number of nitrogens with zero attached hydrogens (tertiary/aromatic N) is 4. The van der Waals surface area contributed by atoms with Crippen molar-refractivity contribution in [2.75, 3.05) is 11.4 Å². The summed E-state index contributed by atoms with van der Waals surface area (Å²) in [6.45, 7) is 1.19. The number of hydrogen-bond donors (Lipinski definition) is 0. The fraction of sp³-hybridized carbons (Fsp3) is 0.150. The van der Waals surface area contributed by atoms with Crippen LogP contribution in [-0.4, -0.2) is 27.0 Å². The molecule has 2 aromatic carbocycles. The Morgan fingerprint density at radius 1 is 1.10 bits per heavy atom. The number of fused-ring (bicyclic) bond motifs is 1. The van der Waals surface area contributed by atoms with E-state index in [2.05, 4.69) is 9.97 Å². The predicted molar refractivity (Wildman–Crippen MR) is 120 cm³/mol. The van der Waals surface area contributed by atoms with Gasteiger partial charge in [0.05, 0.1) is 27.1 Å². The summed E-state index contributed by atoms with van der Waals surface area (Å²) in [4.78, 5) is 23.7. The van der Waals surface area contributed by atoms with Crippen LogP contribution in [0.15, 0.2) is 55.1 Å². The Morgan fingerprint density at radius 2 is 1.90 bits per heavy atom. The molecule has 0 radical (unpaired) electrons. The molecule has 0 bridgehead atoms. The van der Waals surface area contributed by atoms with E-state index in [1.165, 1.54) is 11.3 Å². The van der Waals surface area contributed by atoms with Crippen LogP contribution < -0.4 is 4.90 Å². The van der Waals surface area contributed by atoms with Gasteiger partial charge >= 0.3 is 0 Å². The minimum atomic E-state index is -0.242. The zero-order chi connectivity index (χ0) is 20.4. The van der Waals surface area contributed by atoms with E-state index < -0.39 is 0 Å². The molecule has 0 saturated carbocycles. The van der Waals surface area contributed by atoms with Crippen molar-refractivity contribution in [2.45, 2.75) is 13.0 Å². The number of hydrogen-bond acceptors (Lipinski definition) is 4. The molecule has 9 heteroatoms. The SMILES string of the molecule is O=C(c1cc(Cl)ccc1Cl)N(CCCn1ccnc1)c1nc2ccc(Cl)cc2s1. The summed E-state index contributed by atoms with van der Waals surface area (Å²) in [6, 6.07) is 10.3. The number of thiazole rings is 1. The van der Waals surface area contributed by atoms with Crippen molar-refractivity contribution in [2.24, 2.45) is 0 Å². The van der Waals surface area contributed by atoms with E-state index in [1.807, 2.05) is 22.9 Å². The summed E-state index contributed by atoms with van der Waals surface area (Å²) in [6.07, 6.45) is 6.09. The number of aryl methyl sites for hydroxylation is 1. The Kier molecular flexibility index (Phi) is 6.06. The van der Waals surface area contributed by atoms with Crippen LogP contribution >= 0.6 is 46.1 Å². The normalized spacial score (nSPS) is 11.1. The smallest absolute Gasteiger partial charge is 0.261 e. The van der Waals surface area contributed by atoms with Gasteiger partial charge in [0.15, 0.2) is 5.13 Å². The molecule has 0 N–H and O–H groups in total. The molecule has 0 aliphatic heterocycles. The Labute approximate surface area is 186 Å². The summed E-state index contributed by atoms with van der Waals surface area (Å²) in [5.41, 5.74) is 1.14. The van der Waals surface area contributed by atoms with Crippen molar-refractivity contribution >= 4 is 67.4 Å². The van der Waals surface area contributed by atoms with Crippen LogP contribution in [0.2, 0.25) is 15.1 Å². The maximum atomic E-state index is 13.4. The van der Waals surface area contributed by atoms with Crippen LogP contribution in [0.1, 0.15) is 16.8 Å². The summed E-state index contributed by atoms with van der Waals surface area (Å²) in [7, 11) is 0. The molecule has 4 rings (SSSR count). The van der Waals surface area contributed by atoms with E-state index in [1.54, 1.807) is 41.7 Å². The van der Waals surface area contributed by atoms with Crippen LogP contribution in [0.5, 0.6) is 0 Å². The first kappa shape index (κ1) is 20.2. The third-order valence-electron chi connectivity index (χ3n) is 4.33. The van der Waals surface area contributed by atoms with Gasteiger partial charge < -0.3 is 4.57 Å². The number of carbonyl (C=O) groups is 1. The number of carbonyl (C=O) groups excluding carboxylic acids is 1.